The van der Waals surface area contributed by atoms with Gasteiger partial charge in [-0.1, -0.05) is 12.5 Å². The molecule has 3 rings (SSSR count). The minimum absolute atomic E-state index is 0.0196. The first-order chi connectivity index (χ1) is 12.4. The van der Waals surface area contributed by atoms with Crippen LogP contribution < -0.4 is 15.8 Å². The highest BCUT2D eigenvalue weighted by Gasteiger charge is 2.40. The number of fused-ring (bicyclic) bond motifs is 2. The average Bonchev–Trinajstić information content (AvgIpc) is 2.59. The molecule has 1 aromatic carbocycles. The van der Waals surface area contributed by atoms with Crippen LogP contribution in [0.25, 0.3) is 0 Å². The van der Waals surface area contributed by atoms with Gasteiger partial charge in [0.25, 0.3) is 5.91 Å². The van der Waals surface area contributed by atoms with Crippen LogP contribution in [-0.2, 0) is 9.59 Å². The van der Waals surface area contributed by atoms with Crippen LogP contribution in [0.2, 0.25) is 0 Å². The molecule has 0 aliphatic heterocycles. The maximum absolute atomic E-state index is 12.7. The van der Waals surface area contributed by atoms with Crippen molar-refractivity contribution in [3.05, 3.63) is 24.3 Å². The summed E-state index contributed by atoms with van der Waals surface area (Å²) in [6.07, 6.45) is 5.30. The van der Waals surface area contributed by atoms with Crippen LogP contribution in [0.4, 0.5) is 5.69 Å². The highest BCUT2D eigenvalue weighted by molar-refractivity contribution is 5.92. The highest BCUT2D eigenvalue weighted by Crippen LogP contribution is 2.42. The third-order valence-corrected chi connectivity index (χ3v) is 5.75. The summed E-state index contributed by atoms with van der Waals surface area (Å²) in [4.78, 5) is 25.8. The number of anilines is 1. The topological polar surface area (TPSA) is 84.7 Å². The van der Waals surface area contributed by atoms with Gasteiger partial charge < -0.3 is 20.7 Å². The van der Waals surface area contributed by atoms with E-state index in [1.54, 1.807) is 26.2 Å². The maximum atomic E-state index is 12.7. The van der Waals surface area contributed by atoms with Crippen molar-refractivity contribution in [1.82, 2.24) is 4.90 Å². The van der Waals surface area contributed by atoms with Crippen LogP contribution in [0.5, 0.6) is 5.75 Å². The molecule has 2 aliphatic rings. The molecule has 6 nitrogen and oxygen atoms in total. The fourth-order valence-electron chi connectivity index (χ4n) is 4.19. The molecule has 2 aliphatic carbocycles. The summed E-state index contributed by atoms with van der Waals surface area (Å²) in [6, 6.07) is 7.46. The summed E-state index contributed by atoms with van der Waals surface area (Å²) in [6.45, 7) is -0.0196. The summed E-state index contributed by atoms with van der Waals surface area (Å²) in [5.41, 5.74) is 7.02. The molecule has 0 heterocycles. The first-order valence-corrected chi connectivity index (χ1v) is 9.43. The Labute approximate surface area is 155 Å². The Balaban J connectivity index is 1.57. The van der Waals surface area contributed by atoms with Gasteiger partial charge in [-0.15, -0.1) is 0 Å². The van der Waals surface area contributed by atoms with Crippen molar-refractivity contribution in [3.8, 4) is 5.75 Å². The average molecular weight is 359 g/mol. The lowest BCUT2D eigenvalue weighted by molar-refractivity contribution is -0.130. The van der Waals surface area contributed by atoms with Gasteiger partial charge in [0, 0.05) is 37.8 Å². The largest absolute Gasteiger partial charge is 0.484 e. The van der Waals surface area contributed by atoms with E-state index >= 15 is 0 Å². The molecule has 2 fully saturated rings. The molecule has 0 radical (unpaired) electrons. The van der Waals surface area contributed by atoms with Crippen LogP contribution >= 0.6 is 0 Å². The summed E-state index contributed by atoms with van der Waals surface area (Å²) >= 11 is 0. The van der Waals surface area contributed by atoms with Crippen molar-refractivity contribution >= 4 is 17.5 Å². The molecule has 2 bridgehead atoms. The van der Waals surface area contributed by atoms with Crippen LogP contribution in [-0.4, -0.2) is 43.5 Å². The van der Waals surface area contributed by atoms with E-state index < -0.39 is 0 Å². The Bertz CT molecular complexity index is 647. The number of nitrogens with one attached hydrogen (secondary N) is 1. The Hall–Kier alpha value is -2.08. The van der Waals surface area contributed by atoms with E-state index in [2.05, 4.69) is 5.32 Å². The number of nitrogens with zero attached hydrogens (tertiary/aromatic N) is 1. The number of hydrogen-bond acceptors (Lipinski definition) is 4. The van der Waals surface area contributed by atoms with E-state index in [9.17, 15) is 9.59 Å². The molecule has 2 saturated carbocycles. The van der Waals surface area contributed by atoms with E-state index in [1.165, 1.54) is 11.3 Å². The molecule has 0 spiro atoms. The molecular formula is C20H29N3O3. The molecule has 2 amide bonds. The zero-order chi connectivity index (χ0) is 18.7. The van der Waals surface area contributed by atoms with Crippen LogP contribution in [0.3, 0.4) is 0 Å². The van der Waals surface area contributed by atoms with Gasteiger partial charge in [-0.25, -0.2) is 0 Å². The zero-order valence-corrected chi connectivity index (χ0v) is 15.6. The zero-order valence-electron chi connectivity index (χ0n) is 15.6. The van der Waals surface area contributed by atoms with Gasteiger partial charge >= 0.3 is 0 Å². The number of benzene rings is 1. The molecule has 0 aromatic heterocycles. The monoisotopic (exact) mass is 359 g/mol. The van der Waals surface area contributed by atoms with Crippen LogP contribution in [0.1, 0.15) is 32.1 Å². The van der Waals surface area contributed by atoms with Crippen molar-refractivity contribution in [2.45, 2.75) is 38.1 Å². The summed E-state index contributed by atoms with van der Waals surface area (Å²) < 4.78 is 5.51. The van der Waals surface area contributed by atoms with Crippen LogP contribution in [0.15, 0.2) is 24.3 Å². The lowest BCUT2D eigenvalue weighted by atomic mass is 9.65. The van der Waals surface area contributed by atoms with Gasteiger partial charge in [0.05, 0.1) is 0 Å². The molecule has 0 saturated heterocycles. The third-order valence-electron chi connectivity index (χ3n) is 5.75. The normalized spacial score (nSPS) is 27.5. The molecule has 2 unspecified atom stereocenters. The minimum atomic E-state index is -0.107. The Morgan fingerprint density at radius 2 is 1.92 bits per heavy atom. The summed E-state index contributed by atoms with van der Waals surface area (Å²) in [5.74, 6) is 1.51. The number of carbonyl (C=O) groups excluding carboxylic acids is 2. The second-order valence-electron chi connectivity index (χ2n) is 7.79. The Kier molecular flexibility index (Phi) is 5.81. The van der Waals surface area contributed by atoms with Gasteiger partial charge in [-0.2, -0.15) is 0 Å². The Morgan fingerprint density at radius 1 is 1.23 bits per heavy atom. The van der Waals surface area contributed by atoms with E-state index in [0.717, 1.165) is 25.7 Å². The van der Waals surface area contributed by atoms with E-state index in [4.69, 9.17) is 10.5 Å². The van der Waals surface area contributed by atoms with Crippen molar-refractivity contribution in [2.24, 2.45) is 23.5 Å². The highest BCUT2D eigenvalue weighted by atomic mass is 16.5. The number of ether oxygens (including phenoxy) is 1. The van der Waals surface area contributed by atoms with E-state index in [0.29, 0.717) is 23.3 Å². The predicted octanol–water partition coefficient (Wildman–Crippen LogP) is 2.25. The van der Waals surface area contributed by atoms with Crippen molar-refractivity contribution < 1.29 is 14.3 Å². The van der Waals surface area contributed by atoms with Crippen molar-refractivity contribution in [1.29, 1.82) is 0 Å². The fourth-order valence-corrected chi connectivity index (χ4v) is 4.19. The van der Waals surface area contributed by atoms with Gasteiger partial charge in [-0.05, 0) is 49.7 Å². The van der Waals surface area contributed by atoms with Gasteiger partial charge in [-0.3, -0.25) is 9.59 Å². The minimum Gasteiger partial charge on any atom is -0.484 e. The number of amides is 2. The number of likely N-dealkylation sites (N-methyl/N-ethyl adjacent to an activating group) is 1. The second-order valence-corrected chi connectivity index (χ2v) is 7.79. The third kappa shape index (κ3) is 4.36. The lowest BCUT2D eigenvalue weighted by Gasteiger charge is -2.43. The summed E-state index contributed by atoms with van der Waals surface area (Å²) in [5, 5.41) is 3.01. The smallest absolute Gasteiger partial charge is 0.259 e. The number of carbonyl (C=O) groups is 2. The molecule has 1 aromatic rings. The number of nitrogens with two attached hydrogens (primary N) is 1. The van der Waals surface area contributed by atoms with Gasteiger partial charge in [0.1, 0.15) is 5.75 Å². The molecule has 2 atom stereocenters. The number of hydrogen-bond donors (Lipinski definition) is 2. The lowest BCUT2D eigenvalue weighted by Crippen LogP contribution is -2.48. The van der Waals surface area contributed by atoms with Crippen molar-refractivity contribution in [2.75, 3.05) is 26.0 Å². The first kappa shape index (κ1) is 18.7. The van der Waals surface area contributed by atoms with E-state index in [-0.39, 0.29) is 30.4 Å². The van der Waals surface area contributed by atoms with E-state index in [1.807, 2.05) is 12.1 Å². The van der Waals surface area contributed by atoms with Crippen molar-refractivity contribution in [3.63, 3.8) is 0 Å². The molecule has 3 N–H and O–H groups in total. The molecule has 142 valence electrons. The maximum Gasteiger partial charge on any atom is 0.259 e. The molecular weight excluding hydrogens is 330 g/mol. The Morgan fingerprint density at radius 3 is 2.58 bits per heavy atom. The predicted molar refractivity (Wildman–Crippen MR) is 101 cm³/mol. The quantitative estimate of drug-likeness (QED) is 0.844. The number of rotatable bonds is 5. The fraction of sp³-hybridized carbons (Fsp3) is 0.600. The second kappa shape index (κ2) is 8.08. The van der Waals surface area contributed by atoms with Gasteiger partial charge in [0.2, 0.25) is 5.91 Å². The SMILES string of the molecule is CN(C)C(=O)COc1cccc(NC(=O)C2CC3CCCC(C2)C3N)c1. The molecule has 6 heteroatoms. The molecule has 26 heavy (non-hydrogen) atoms. The summed E-state index contributed by atoms with van der Waals surface area (Å²) in [7, 11) is 3.38. The first-order valence-electron chi connectivity index (χ1n) is 9.43. The van der Waals surface area contributed by atoms with Gasteiger partial charge in [0.15, 0.2) is 6.61 Å². The standard InChI is InChI=1S/C20H29N3O3/c1-23(2)18(24)12-26-17-8-4-7-16(11-17)22-20(25)15-9-13-5-3-6-14(10-15)19(13)21/h4,7-8,11,13-15,19H,3,5-6,9-10,12,21H2,1-2H3,(H,22,25). The van der Waals surface area contributed by atoms with Crippen LogP contribution in [0, 0.1) is 17.8 Å².